The van der Waals surface area contributed by atoms with Crippen molar-refractivity contribution in [1.29, 1.82) is 0 Å². The molecule has 0 heterocycles. The Balaban J connectivity index is 2.03. The van der Waals surface area contributed by atoms with Gasteiger partial charge >= 0.3 is 0 Å². The first-order valence-electron chi connectivity index (χ1n) is 6.14. The van der Waals surface area contributed by atoms with E-state index in [0.717, 1.165) is 37.0 Å². The predicted octanol–water partition coefficient (Wildman–Crippen LogP) is 2.85. The van der Waals surface area contributed by atoms with Gasteiger partial charge in [-0.15, -0.1) is 11.8 Å². The highest BCUT2D eigenvalue weighted by molar-refractivity contribution is 5.38. The Kier molecular flexibility index (Phi) is 4.06. The van der Waals surface area contributed by atoms with Crippen molar-refractivity contribution in [1.82, 2.24) is 0 Å². The van der Waals surface area contributed by atoms with Gasteiger partial charge in [0.1, 0.15) is 5.75 Å². The van der Waals surface area contributed by atoms with Gasteiger partial charge in [-0.3, -0.25) is 0 Å². The molecule has 0 saturated carbocycles. The summed E-state index contributed by atoms with van der Waals surface area (Å²) >= 11 is 0. The second kappa shape index (κ2) is 5.75. The van der Waals surface area contributed by atoms with E-state index in [0.29, 0.717) is 6.61 Å². The molecule has 2 nitrogen and oxygen atoms in total. The number of hydrogen-bond donors (Lipinski definition) is 1. The first-order chi connectivity index (χ1) is 8.31. The van der Waals surface area contributed by atoms with Crippen LogP contribution in [0.1, 0.15) is 43.4 Å². The van der Waals surface area contributed by atoms with Gasteiger partial charge in [0.25, 0.3) is 0 Å². The fourth-order valence-electron chi connectivity index (χ4n) is 2.19. The number of fused-ring (bicyclic) bond motifs is 1. The molecule has 0 radical (unpaired) electrons. The third-order valence-corrected chi connectivity index (χ3v) is 3.07. The highest BCUT2D eigenvalue weighted by Gasteiger charge is 2.18. The zero-order valence-electron chi connectivity index (χ0n) is 10.2. The van der Waals surface area contributed by atoms with E-state index in [4.69, 9.17) is 4.74 Å². The number of aliphatic hydroxyl groups is 1. The molecule has 1 atom stereocenters. The van der Waals surface area contributed by atoms with Gasteiger partial charge < -0.3 is 9.84 Å². The van der Waals surface area contributed by atoms with E-state index in [1.165, 1.54) is 5.56 Å². The molecule has 0 fully saturated rings. The Morgan fingerprint density at radius 3 is 3.18 bits per heavy atom. The topological polar surface area (TPSA) is 29.5 Å². The number of ether oxygens (including phenoxy) is 1. The van der Waals surface area contributed by atoms with Crippen LogP contribution in [0.3, 0.4) is 0 Å². The summed E-state index contributed by atoms with van der Waals surface area (Å²) in [5.41, 5.74) is 2.29. The fraction of sp³-hybridized carbons (Fsp3) is 0.467. The maximum atomic E-state index is 9.92. The third-order valence-electron chi connectivity index (χ3n) is 3.07. The molecular weight excluding hydrogens is 212 g/mol. The van der Waals surface area contributed by atoms with Crippen LogP contribution in [-0.2, 0) is 6.42 Å². The average Bonchev–Trinajstić information content (AvgIpc) is 2.36. The van der Waals surface area contributed by atoms with Crippen LogP contribution >= 0.6 is 0 Å². The molecule has 0 saturated heterocycles. The molecule has 0 aromatic heterocycles. The van der Waals surface area contributed by atoms with Gasteiger partial charge in [-0.1, -0.05) is 6.07 Å². The van der Waals surface area contributed by atoms with Crippen LogP contribution in [-0.4, -0.2) is 11.7 Å². The molecule has 1 N–H and O–H groups in total. The second-order valence-corrected chi connectivity index (χ2v) is 4.29. The summed E-state index contributed by atoms with van der Waals surface area (Å²) in [5.74, 6) is 6.64. The lowest BCUT2D eigenvalue weighted by molar-refractivity contribution is 0.156. The summed E-state index contributed by atoms with van der Waals surface area (Å²) in [6.07, 6.45) is 3.42. The predicted molar refractivity (Wildman–Crippen MR) is 67.9 cm³/mol. The summed E-state index contributed by atoms with van der Waals surface area (Å²) < 4.78 is 5.61. The van der Waals surface area contributed by atoms with E-state index in [-0.39, 0.29) is 6.10 Å². The molecule has 0 aliphatic heterocycles. The summed E-state index contributed by atoms with van der Waals surface area (Å²) in [5, 5.41) is 9.92. The van der Waals surface area contributed by atoms with E-state index >= 15 is 0 Å². The molecule has 0 unspecified atom stereocenters. The van der Waals surface area contributed by atoms with Crippen molar-refractivity contribution >= 4 is 0 Å². The minimum atomic E-state index is -0.322. The van der Waals surface area contributed by atoms with Crippen LogP contribution in [0.15, 0.2) is 18.2 Å². The van der Waals surface area contributed by atoms with Crippen molar-refractivity contribution in [3.8, 4) is 17.6 Å². The quantitative estimate of drug-likeness (QED) is 0.639. The number of aryl methyl sites for hydroxylation is 1. The Hall–Kier alpha value is -1.46. The summed E-state index contributed by atoms with van der Waals surface area (Å²) in [6, 6.07) is 6.02. The van der Waals surface area contributed by atoms with Crippen LogP contribution in [0.2, 0.25) is 0 Å². The van der Waals surface area contributed by atoms with Crippen molar-refractivity contribution < 1.29 is 9.84 Å². The van der Waals surface area contributed by atoms with E-state index in [2.05, 4.69) is 17.9 Å². The first kappa shape index (κ1) is 12.0. The standard InChI is InChI=1S/C15H18O2/c1-2-3-4-10-17-13-9-8-12-6-5-7-15(16)14(12)11-13/h8-9,11,15-16H,4-7,10H2,1H3/t15-/m1/s1. The zero-order valence-corrected chi connectivity index (χ0v) is 10.2. The van der Waals surface area contributed by atoms with E-state index in [1.54, 1.807) is 0 Å². The Bertz CT molecular complexity index is 440. The molecular formula is C15H18O2. The lowest BCUT2D eigenvalue weighted by Gasteiger charge is -2.21. The van der Waals surface area contributed by atoms with E-state index in [9.17, 15) is 5.11 Å². The Morgan fingerprint density at radius 2 is 2.35 bits per heavy atom. The maximum Gasteiger partial charge on any atom is 0.119 e. The smallest absolute Gasteiger partial charge is 0.119 e. The summed E-state index contributed by atoms with van der Waals surface area (Å²) in [7, 11) is 0. The lowest BCUT2D eigenvalue weighted by Crippen LogP contribution is -2.09. The molecule has 90 valence electrons. The highest BCUT2D eigenvalue weighted by atomic mass is 16.5. The van der Waals surface area contributed by atoms with Gasteiger partial charge in [-0.25, -0.2) is 0 Å². The van der Waals surface area contributed by atoms with Gasteiger partial charge in [-0.2, -0.15) is 0 Å². The molecule has 17 heavy (non-hydrogen) atoms. The number of benzene rings is 1. The van der Waals surface area contributed by atoms with Gasteiger partial charge in [0.2, 0.25) is 0 Å². The van der Waals surface area contributed by atoms with Crippen LogP contribution in [0.5, 0.6) is 5.75 Å². The number of rotatable bonds is 3. The number of aliphatic hydroxyl groups excluding tert-OH is 1. The second-order valence-electron chi connectivity index (χ2n) is 4.29. The maximum absolute atomic E-state index is 9.92. The molecule has 2 rings (SSSR count). The van der Waals surface area contributed by atoms with Crippen LogP contribution < -0.4 is 4.74 Å². The first-order valence-corrected chi connectivity index (χ1v) is 6.14. The van der Waals surface area contributed by atoms with Gasteiger partial charge in [0, 0.05) is 6.42 Å². The normalized spacial score (nSPS) is 17.9. The van der Waals surface area contributed by atoms with Crippen molar-refractivity contribution in [2.75, 3.05) is 6.61 Å². The summed E-state index contributed by atoms with van der Waals surface area (Å²) in [4.78, 5) is 0. The van der Waals surface area contributed by atoms with Gasteiger partial charge in [0.15, 0.2) is 0 Å². The third kappa shape index (κ3) is 3.01. The zero-order chi connectivity index (χ0) is 12.1. The SMILES string of the molecule is CC#CCCOc1ccc2c(c1)[C@H](O)CCC2. The van der Waals surface area contributed by atoms with Crippen molar-refractivity contribution in [2.24, 2.45) is 0 Å². The highest BCUT2D eigenvalue weighted by Crippen LogP contribution is 2.32. The van der Waals surface area contributed by atoms with Crippen molar-refractivity contribution in [2.45, 2.75) is 38.7 Å². The van der Waals surface area contributed by atoms with E-state index < -0.39 is 0 Å². The molecule has 0 bridgehead atoms. The minimum Gasteiger partial charge on any atom is -0.493 e. The largest absolute Gasteiger partial charge is 0.493 e. The van der Waals surface area contributed by atoms with Gasteiger partial charge in [0.05, 0.1) is 12.7 Å². The van der Waals surface area contributed by atoms with Crippen LogP contribution in [0.4, 0.5) is 0 Å². The number of hydrogen-bond acceptors (Lipinski definition) is 2. The molecule has 1 aliphatic carbocycles. The van der Waals surface area contributed by atoms with Crippen molar-refractivity contribution in [3.05, 3.63) is 29.3 Å². The Morgan fingerprint density at radius 1 is 1.47 bits per heavy atom. The minimum absolute atomic E-state index is 0.322. The van der Waals surface area contributed by atoms with Gasteiger partial charge in [-0.05, 0) is 49.4 Å². The average molecular weight is 230 g/mol. The van der Waals surface area contributed by atoms with Crippen molar-refractivity contribution in [3.63, 3.8) is 0 Å². The molecule has 1 aromatic carbocycles. The molecule has 2 heteroatoms. The molecule has 0 amide bonds. The van der Waals surface area contributed by atoms with Crippen LogP contribution in [0, 0.1) is 11.8 Å². The molecule has 1 aliphatic rings. The molecule has 1 aromatic rings. The Labute approximate surface area is 103 Å². The summed E-state index contributed by atoms with van der Waals surface area (Å²) in [6.45, 7) is 2.44. The lowest BCUT2D eigenvalue weighted by atomic mass is 9.89. The molecule has 0 spiro atoms. The van der Waals surface area contributed by atoms with Crippen LogP contribution in [0.25, 0.3) is 0 Å². The van der Waals surface area contributed by atoms with E-state index in [1.807, 2.05) is 19.1 Å². The fourth-order valence-corrected chi connectivity index (χ4v) is 2.19. The monoisotopic (exact) mass is 230 g/mol.